The number of amides is 1. The van der Waals surface area contributed by atoms with E-state index in [1.807, 2.05) is 30.0 Å². The molecule has 1 aliphatic heterocycles. The van der Waals surface area contributed by atoms with E-state index in [-0.39, 0.29) is 11.5 Å². The molecule has 0 atom stereocenters. The molecule has 4 heterocycles. The average Bonchev–Trinajstić information content (AvgIpc) is 3.35. The Labute approximate surface area is 160 Å². The maximum atomic E-state index is 12.6. The molecular formula is C19H21N5O2S. The zero-order chi connectivity index (χ0) is 18.8. The minimum absolute atomic E-state index is 0.113. The van der Waals surface area contributed by atoms with E-state index in [4.69, 9.17) is 0 Å². The van der Waals surface area contributed by atoms with E-state index in [0.29, 0.717) is 31.4 Å². The summed E-state index contributed by atoms with van der Waals surface area (Å²) in [5.41, 5.74) is -0.113. The number of carbonyl (C=O) groups is 1. The Morgan fingerprint density at radius 1 is 1.22 bits per heavy atom. The molecule has 0 radical (unpaired) electrons. The van der Waals surface area contributed by atoms with Gasteiger partial charge in [0.25, 0.3) is 11.5 Å². The van der Waals surface area contributed by atoms with Crippen molar-refractivity contribution in [3.8, 4) is 5.82 Å². The van der Waals surface area contributed by atoms with Crippen LogP contribution in [0.5, 0.6) is 0 Å². The number of carbonyl (C=O) groups excluding carboxylic acids is 1. The standard InChI is InChI=1S/C19H21N5O2S/c1-14-3-4-16(27-14)19(26)22-11-7-15(8-12-22)13-24-18(25)6-5-17(21-24)23-10-2-9-20-23/h2-6,9-10,15H,7-8,11-13H2,1H3. The van der Waals surface area contributed by atoms with Gasteiger partial charge >= 0.3 is 0 Å². The van der Waals surface area contributed by atoms with Crippen molar-refractivity contribution in [1.82, 2.24) is 24.5 Å². The number of aryl methyl sites for hydroxylation is 1. The van der Waals surface area contributed by atoms with Crippen molar-refractivity contribution in [3.63, 3.8) is 0 Å². The van der Waals surface area contributed by atoms with Crippen molar-refractivity contribution in [3.05, 3.63) is 62.8 Å². The van der Waals surface area contributed by atoms with E-state index in [2.05, 4.69) is 10.2 Å². The van der Waals surface area contributed by atoms with Crippen molar-refractivity contribution in [2.75, 3.05) is 13.1 Å². The Bertz CT molecular complexity index is 984. The minimum atomic E-state index is -0.113. The van der Waals surface area contributed by atoms with Gasteiger partial charge in [-0.1, -0.05) is 0 Å². The van der Waals surface area contributed by atoms with Gasteiger partial charge in [-0.3, -0.25) is 9.59 Å². The highest BCUT2D eigenvalue weighted by atomic mass is 32.1. The highest BCUT2D eigenvalue weighted by Gasteiger charge is 2.25. The number of hydrogen-bond donors (Lipinski definition) is 0. The zero-order valence-corrected chi connectivity index (χ0v) is 15.9. The molecule has 8 heteroatoms. The number of thiophene rings is 1. The summed E-state index contributed by atoms with van der Waals surface area (Å²) in [7, 11) is 0. The second kappa shape index (κ2) is 7.48. The van der Waals surface area contributed by atoms with Crippen LogP contribution in [0.2, 0.25) is 0 Å². The number of aromatic nitrogens is 4. The summed E-state index contributed by atoms with van der Waals surface area (Å²) >= 11 is 1.54. The normalized spacial score (nSPS) is 15.2. The summed E-state index contributed by atoms with van der Waals surface area (Å²) in [5.74, 6) is 1.07. The molecule has 7 nitrogen and oxygen atoms in total. The van der Waals surface area contributed by atoms with Crippen LogP contribution < -0.4 is 5.56 Å². The maximum Gasteiger partial charge on any atom is 0.266 e. The number of nitrogens with zero attached hydrogens (tertiary/aromatic N) is 5. The molecule has 1 aliphatic rings. The summed E-state index contributed by atoms with van der Waals surface area (Å²) in [6, 6.07) is 8.91. The molecule has 1 amide bonds. The maximum absolute atomic E-state index is 12.6. The van der Waals surface area contributed by atoms with E-state index in [1.54, 1.807) is 34.5 Å². The van der Waals surface area contributed by atoms with Gasteiger partial charge in [0.15, 0.2) is 5.82 Å². The molecule has 0 spiro atoms. The molecule has 3 aromatic rings. The Balaban J connectivity index is 1.40. The third kappa shape index (κ3) is 3.85. The summed E-state index contributed by atoms with van der Waals surface area (Å²) in [6.45, 7) is 4.01. The first-order valence-electron chi connectivity index (χ1n) is 9.04. The molecule has 3 aromatic heterocycles. The molecule has 0 aliphatic carbocycles. The number of hydrogen-bond acceptors (Lipinski definition) is 5. The molecule has 0 bridgehead atoms. The first kappa shape index (κ1) is 17.7. The van der Waals surface area contributed by atoms with Gasteiger partial charge in [0.05, 0.1) is 4.88 Å². The first-order chi connectivity index (χ1) is 13.1. The van der Waals surface area contributed by atoms with Gasteiger partial charge in [-0.25, -0.2) is 9.36 Å². The van der Waals surface area contributed by atoms with Gasteiger partial charge in [-0.05, 0) is 49.9 Å². The molecule has 0 unspecified atom stereocenters. The monoisotopic (exact) mass is 383 g/mol. The molecule has 0 N–H and O–H groups in total. The molecule has 1 saturated heterocycles. The van der Waals surface area contributed by atoms with Gasteiger partial charge in [-0.15, -0.1) is 16.4 Å². The van der Waals surface area contributed by atoms with Gasteiger partial charge in [0, 0.05) is 43.0 Å². The predicted molar refractivity (Wildman–Crippen MR) is 103 cm³/mol. The fourth-order valence-corrected chi connectivity index (χ4v) is 4.20. The Kier molecular flexibility index (Phi) is 4.89. The highest BCUT2D eigenvalue weighted by Crippen LogP contribution is 2.23. The van der Waals surface area contributed by atoms with E-state index in [0.717, 1.165) is 22.6 Å². The van der Waals surface area contributed by atoms with Gasteiger partial charge in [0.2, 0.25) is 0 Å². The average molecular weight is 383 g/mol. The van der Waals surface area contributed by atoms with Crippen molar-refractivity contribution < 1.29 is 4.79 Å². The van der Waals surface area contributed by atoms with Crippen molar-refractivity contribution in [2.24, 2.45) is 5.92 Å². The van der Waals surface area contributed by atoms with Crippen LogP contribution in [0.1, 0.15) is 27.4 Å². The quantitative estimate of drug-likeness (QED) is 0.693. The van der Waals surface area contributed by atoms with E-state index >= 15 is 0 Å². The Hall–Kier alpha value is -2.74. The van der Waals surface area contributed by atoms with Crippen molar-refractivity contribution in [1.29, 1.82) is 0 Å². The third-order valence-corrected chi connectivity index (χ3v) is 5.86. The lowest BCUT2D eigenvalue weighted by Gasteiger charge is -2.31. The highest BCUT2D eigenvalue weighted by molar-refractivity contribution is 7.13. The summed E-state index contributed by atoms with van der Waals surface area (Å²) in [5, 5.41) is 8.60. The number of piperidine rings is 1. The summed E-state index contributed by atoms with van der Waals surface area (Å²) < 4.78 is 3.15. The summed E-state index contributed by atoms with van der Waals surface area (Å²) in [6.07, 6.45) is 5.22. The second-order valence-corrected chi connectivity index (χ2v) is 8.10. The van der Waals surface area contributed by atoms with Crippen LogP contribution in [0.15, 0.2) is 47.5 Å². The topological polar surface area (TPSA) is 73.0 Å². The minimum Gasteiger partial charge on any atom is -0.338 e. The lowest BCUT2D eigenvalue weighted by molar-refractivity contribution is 0.0685. The SMILES string of the molecule is Cc1ccc(C(=O)N2CCC(Cn3nc(-n4cccn4)ccc3=O)CC2)s1. The van der Waals surface area contributed by atoms with Crippen molar-refractivity contribution in [2.45, 2.75) is 26.3 Å². The van der Waals surface area contributed by atoms with Crippen LogP contribution in [0, 0.1) is 12.8 Å². The fraction of sp³-hybridized carbons (Fsp3) is 0.368. The van der Waals surface area contributed by atoms with E-state index < -0.39 is 0 Å². The number of rotatable bonds is 4. The number of likely N-dealkylation sites (tertiary alicyclic amines) is 1. The molecule has 0 aromatic carbocycles. The molecule has 4 rings (SSSR count). The first-order valence-corrected chi connectivity index (χ1v) is 9.86. The molecule has 0 saturated carbocycles. The smallest absolute Gasteiger partial charge is 0.266 e. The second-order valence-electron chi connectivity index (χ2n) is 6.81. The van der Waals surface area contributed by atoms with Gasteiger partial charge < -0.3 is 4.90 Å². The molecule has 27 heavy (non-hydrogen) atoms. The van der Waals surface area contributed by atoms with Crippen LogP contribution >= 0.6 is 11.3 Å². The molecule has 140 valence electrons. The zero-order valence-electron chi connectivity index (χ0n) is 15.1. The van der Waals surface area contributed by atoms with Crippen LogP contribution in [0.25, 0.3) is 5.82 Å². The van der Waals surface area contributed by atoms with Crippen LogP contribution in [0.3, 0.4) is 0 Å². The molecular weight excluding hydrogens is 362 g/mol. The lowest BCUT2D eigenvalue weighted by Crippen LogP contribution is -2.40. The Morgan fingerprint density at radius 3 is 2.70 bits per heavy atom. The fourth-order valence-electron chi connectivity index (χ4n) is 3.36. The van der Waals surface area contributed by atoms with Crippen molar-refractivity contribution >= 4 is 17.2 Å². The van der Waals surface area contributed by atoms with Gasteiger partial charge in [0.1, 0.15) is 0 Å². The molecule has 1 fully saturated rings. The summed E-state index contributed by atoms with van der Waals surface area (Å²) in [4.78, 5) is 28.6. The van der Waals surface area contributed by atoms with Crippen LogP contribution in [0.4, 0.5) is 0 Å². The Morgan fingerprint density at radius 2 is 2.04 bits per heavy atom. The predicted octanol–water partition coefficient (Wildman–Crippen LogP) is 2.35. The van der Waals surface area contributed by atoms with Crippen LogP contribution in [-0.4, -0.2) is 43.5 Å². The van der Waals surface area contributed by atoms with Gasteiger partial charge in [-0.2, -0.15) is 5.10 Å². The van der Waals surface area contributed by atoms with Crippen LogP contribution in [-0.2, 0) is 6.54 Å². The lowest BCUT2D eigenvalue weighted by atomic mass is 9.96. The largest absolute Gasteiger partial charge is 0.338 e. The van der Waals surface area contributed by atoms with E-state index in [9.17, 15) is 9.59 Å². The third-order valence-electron chi connectivity index (χ3n) is 4.88. The van der Waals surface area contributed by atoms with E-state index in [1.165, 1.54) is 10.7 Å².